The van der Waals surface area contributed by atoms with Crippen molar-refractivity contribution in [2.45, 2.75) is 33.2 Å². The molecule has 1 aliphatic heterocycles. The molecule has 0 saturated heterocycles. The van der Waals surface area contributed by atoms with Gasteiger partial charge in [0, 0.05) is 18.5 Å². The van der Waals surface area contributed by atoms with Crippen molar-refractivity contribution in [3.63, 3.8) is 0 Å². The first-order valence-electron chi connectivity index (χ1n) is 7.27. The van der Waals surface area contributed by atoms with Crippen molar-refractivity contribution in [2.75, 3.05) is 12.3 Å². The quantitative estimate of drug-likeness (QED) is 0.933. The minimum absolute atomic E-state index is 0.640. The van der Waals surface area contributed by atoms with Crippen molar-refractivity contribution in [3.8, 4) is 17.0 Å². The van der Waals surface area contributed by atoms with E-state index < -0.39 is 0 Å². The number of ether oxygens (including phenoxy) is 1. The van der Waals surface area contributed by atoms with Crippen molar-refractivity contribution in [1.29, 1.82) is 0 Å². The zero-order chi connectivity index (χ0) is 14.1. The van der Waals surface area contributed by atoms with Crippen LogP contribution in [0.3, 0.4) is 0 Å². The van der Waals surface area contributed by atoms with Gasteiger partial charge in [0.1, 0.15) is 23.1 Å². The molecule has 0 aliphatic carbocycles. The molecule has 3 rings (SSSR count). The van der Waals surface area contributed by atoms with Crippen LogP contribution >= 0.6 is 0 Å². The molecule has 0 spiro atoms. The largest absolute Gasteiger partial charge is 0.493 e. The SMILES string of the molecule is CCOc1ccccc1-c1nc2n(c1N)CC(C)CC2. The minimum Gasteiger partial charge on any atom is -0.493 e. The first-order chi connectivity index (χ1) is 9.70. The normalized spacial score (nSPS) is 17.8. The highest BCUT2D eigenvalue weighted by atomic mass is 16.5. The van der Waals surface area contributed by atoms with Crippen molar-refractivity contribution < 1.29 is 4.74 Å². The van der Waals surface area contributed by atoms with Crippen molar-refractivity contribution in [3.05, 3.63) is 30.1 Å². The molecule has 106 valence electrons. The number of fused-ring (bicyclic) bond motifs is 1. The Kier molecular flexibility index (Phi) is 3.38. The molecular formula is C16H21N3O. The second-order valence-electron chi connectivity index (χ2n) is 5.45. The second-order valence-corrected chi connectivity index (χ2v) is 5.45. The van der Waals surface area contributed by atoms with Crippen LogP contribution in [-0.4, -0.2) is 16.2 Å². The summed E-state index contributed by atoms with van der Waals surface area (Å²) in [5.74, 6) is 3.37. The van der Waals surface area contributed by atoms with Crippen LogP contribution in [0.5, 0.6) is 5.75 Å². The third-order valence-corrected chi connectivity index (χ3v) is 3.88. The van der Waals surface area contributed by atoms with Gasteiger partial charge in [-0.1, -0.05) is 19.1 Å². The lowest BCUT2D eigenvalue weighted by Crippen LogP contribution is -2.19. The number of nitrogens with two attached hydrogens (primary N) is 1. The molecular weight excluding hydrogens is 250 g/mol. The number of anilines is 1. The molecule has 1 atom stereocenters. The molecule has 1 aromatic carbocycles. The summed E-state index contributed by atoms with van der Waals surface area (Å²) in [5.41, 5.74) is 8.18. The Labute approximate surface area is 119 Å². The lowest BCUT2D eigenvalue weighted by atomic mass is 10.0. The van der Waals surface area contributed by atoms with Gasteiger partial charge in [-0.3, -0.25) is 0 Å². The predicted molar refractivity (Wildman–Crippen MR) is 80.7 cm³/mol. The van der Waals surface area contributed by atoms with Gasteiger partial charge in [0.2, 0.25) is 0 Å². The van der Waals surface area contributed by atoms with E-state index >= 15 is 0 Å². The van der Waals surface area contributed by atoms with Crippen LogP contribution in [0.25, 0.3) is 11.3 Å². The molecule has 1 aliphatic rings. The summed E-state index contributed by atoms with van der Waals surface area (Å²) in [6, 6.07) is 7.97. The van der Waals surface area contributed by atoms with Crippen LogP contribution in [-0.2, 0) is 13.0 Å². The van der Waals surface area contributed by atoms with Crippen LogP contribution in [0, 0.1) is 5.92 Å². The summed E-state index contributed by atoms with van der Waals surface area (Å²) < 4.78 is 7.85. The van der Waals surface area contributed by atoms with E-state index in [2.05, 4.69) is 11.5 Å². The monoisotopic (exact) mass is 271 g/mol. The number of aryl methyl sites for hydroxylation is 1. The van der Waals surface area contributed by atoms with Gasteiger partial charge in [-0.2, -0.15) is 0 Å². The standard InChI is InChI=1S/C16H21N3O/c1-3-20-13-7-5-4-6-12(13)15-16(17)19-10-11(2)8-9-14(19)18-15/h4-7,11H,3,8-10,17H2,1-2H3. The lowest BCUT2D eigenvalue weighted by Gasteiger charge is -2.20. The van der Waals surface area contributed by atoms with E-state index in [0.29, 0.717) is 12.5 Å². The Morgan fingerprint density at radius 1 is 1.40 bits per heavy atom. The van der Waals surface area contributed by atoms with Crippen LogP contribution in [0.4, 0.5) is 5.82 Å². The molecule has 20 heavy (non-hydrogen) atoms. The van der Waals surface area contributed by atoms with Gasteiger partial charge in [0.05, 0.1) is 6.61 Å². The average molecular weight is 271 g/mol. The Bertz CT molecular complexity index is 618. The maximum atomic E-state index is 6.33. The molecule has 0 saturated carbocycles. The van der Waals surface area contributed by atoms with Gasteiger partial charge >= 0.3 is 0 Å². The number of hydrogen-bond donors (Lipinski definition) is 1. The Hall–Kier alpha value is -1.97. The molecule has 4 heteroatoms. The molecule has 0 radical (unpaired) electrons. The Morgan fingerprint density at radius 2 is 2.20 bits per heavy atom. The van der Waals surface area contributed by atoms with E-state index in [0.717, 1.165) is 41.6 Å². The van der Waals surface area contributed by atoms with Crippen molar-refractivity contribution in [1.82, 2.24) is 9.55 Å². The average Bonchev–Trinajstić information content (AvgIpc) is 2.77. The molecule has 0 bridgehead atoms. The second kappa shape index (κ2) is 5.19. The van der Waals surface area contributed by atoms with E-state index in [1.54, 1.807) is 0 Å². The summed E-state index contributed by atoms with van der Waals surface area (Å²) in [6.07, 6.45) is 2.19. The van der Waals surface area contributed by atoms with Gasteiger partial charge in [0.15, 0.2) is 0 Å². The van der Waals surface area contributed by atoms with E-state index in [1.165, 1.54) is 6.42 Å². The third-order valence-electron chi connectivity index (χ3n) is 3.88. The fraction of sp³-hybridized carbons (Fsp3) is 0.438. The lowest BCUT2D eigenvalue weighted by molar-refractivity contribution is 0.341. The van der Waals surface area contributed by atoms with Gasteiger partial charge in [-0.25, -0.2) is 4.98 Å². The van der Waals surface area contributed by atoms with E-state index in [4.69, 9.17) is 15.5 Å². The van der Waals surface area contributed by atoms with Gasteiger partial charge < -0.3 is 15.0 Å². The van der Waals surface area contributed by atoms with Gasteiger partial charge in [-0.15, -0.1) is 0 Å². The fourth-order valence-electron chi connectivity index (χ4n) is 2.83. The third kappa shape index (κ3) is 2.15. The van der Waals surface area contributed by atoms with Crippen LogP contribution < -0.4 is 10.5 Å². The van der Waals surface area contributed by atoms with Gasteiger partial charge in [-0.05, 0) is 31.4 Å². The number of rotatable bonds is 3. The number of para-hydroxylation sites is 1. The van der Waals surface area contributed by atoms with Gasteiger partial charge in [0.25, 0.3) is 0 Å². The van der Waals surface area contributed by atoms with Crippen LogP contribution in [0.1, 0.15) is 26.1 Å². The molecule has 2 N–H and O–H groups in total. The van der Waals surface area contributed by atoms with Crippen LogP contribution in [0.2, 0.25) is 0 Å². The van der Waals surface area contributed by atoms with E-state index in [9.17, 15) is 0 Å². The van der Waals surface area contributed by atoms with Crippen molar-refractivity contribution >= 4 is 5.82 Å². The minimum atomic E-state index is 0.640. The van der Waals surface area contributed by atoms with E-state index in [-0.39, 0.29) is 0 Å². The first kappa shape index (κ1) is 13.0. The number of aromatic nitrogens is 2. The molecule has 1 aromatic heterocycles. The number of nitrogen functional groups attached to an aromatic ring is 1. The summed E-state index contributed by atoms with van der Waals surface area (Å²) >= 11 is 0. The highest BCUT2D eigenvalue weighted by Gasteiger charge is 2.23. The zero-order valence-electron chi connectivity index (χ0n) is 12.1. The van der Waals surface area contributed by atoms with E-state index in [1.807, 2.05) is 31.2 Å². The topological polar surface area (TPSA) is 53.1 Å². The number of imidazole rings is 1. The highest BCUT2D eigenvalue weighted by molar-refractivity contribution is 5.76. The molecule has 2 aromatic rings. The maximum absolute atomic E-state index is 6.33. The molecule has 2 heterocycles. The number of nitrogens with zero attached hydrogens (tertiary/aromatic N) is 2. The Balaban J connectivity index is 2.07. The first-order valence-corrected chi connectivity index (χ1v) is 7.27. The summed E-state index contributed by atoms with van der Waals surface area (Å²) in [4.78, 5) is 4.76. The summed E-state index contributed by atoms with van der Waals surface area (Å²) in [5, 5.41) is 0. The number of benzene rings is 1. The maximum Gasteiger partial charge on any atom is 0.131 e. The predicted octanol–water partition coefficient (Wildman–Crippen LogP) is 3.11. The highest BCUT2D eigenvalue weighted by Crippen LogP contribution is 2.35. The Morgan fingerprint density at radius 3 is 3.00 bits per heavy atom. The van der Waals surface area contributed by atoms with Crippen molar-refractivity contribution in [2.24, 2.45) is 5.92 Å². The number of hydrogen-bond acceptors (Lipinski definition) is 3. The molecule has 4 nitrogen and oxygen atoms in total. The summed E-state index contributed by atoms with van der Waals surface area (Å²) in [7, 11) is 0. The fourth-order valence-corrected chi connectivity index (χ4v) is 2.83. The zero-order valence-corrected chi connectivity index (χ0v) is 12.1. The molecule has 0 fully saturated rings. The summed E-state index contributed by atoms with van der Waals surface area (Å²) in [6.45, 7) is 5.85. The molecule has 1 unspecified atom stereocenters. The van der Waals surface area contributed by atoms with Crippen LogP contribution in [0.15, 0.2) is 24.3 Å². The smallest absolute Gasteiger partial charge is 0.131 e. The molecule has 0 amide bonds.